The van der Waals surface area contributed by atoms with Gasteiger partial charge in [0.2, 0.25) is 5.91 Å². The molecule has 3 saturated heterocycles. The first-order chi connectivity index (χ1) is 13.4. The summed E-state index contributed by atoms with van der Waals surface area (Å²) in [7, 11) is 0. The van der Waals surface area contributed by atoms with E-state index in [-0.39, 0.29) is 23.9 Å². The van der Waals surface area contributed by atoms with Gasteiger partial charge in [-0.15, -0.1) is 11.3 Å². The molecule has 3 aliphatic rings. The first-order valence-corrected chi connectivity index (χ1v) is 11.5. The Morgan fingerprint density at radius 2 is 1.86 bits per heavy atom. The van der Waals surface area contributed by atoms with Crippen molar-refractivity contribution in [2.45, 2.75) is 65.5 Å². The molecule has 2 amide bonds. The number of thiazole rings is 1. The summed E-state index contributed by atoms with van der Waals surface area (Å²) < 4.78 is 0. The number of rotatable bonds is 4. The average Bonchev–Trinajstić information content (AvgIpc) is 3.37. The third kappa shape index (κ3) is 2.98. The lowest BCUT2D eigenvalue weighted by molar-refractivity contribution is -0.146. The molecule has 4 heterocycles. The highest BCUT2D eigenvalue weighted by Crippen LogP contribution is 2.53. The lowest BCUT2D eigenvalue weighted by Gasteiger charge is -2.42. The van der Waals surface area contributed by atoms with Crippen molar-refractivity contribution in [2.75, 3.05) is 32.7 Å². The van der Waals surface area contributed by atoms with Crippen molar-refractivity contribution in [2.24, 2.45) is 5.41 Å². The van der Waals surface area contributed by atoms with E-state index in [1.807, 2.05) is 13.8 Å². The van der Waals surface area contributed by atoms with Gasteiger partial charge in [-0.25, -0.2) is 4.98 Å². The molecule has 1 aromatic rings. The molecule has 154 valence electrons. The van der Waals surface area contributed by atoms with Crippen LogP contribution in [0.15, 0.2) is 0 Å². The molecule has 3 atom stereocenters. The monoisotopic (exact) mass is 404 g/mol. The Kier molecular flexibility index (Phi) is 5.25. The molecular weight excluding hydrogens is 372 g/mol. The Labute approximate surface area is 171 Å². The van der Waals surface area contributed by atoms with E-state index >= 15 is 0 Å². The van der Waals surface area contributed by atoms with Gasteiger partial charge in [-0.2, -0.15) is 0 Å². The standard InChI is InChI=1S/C21H32N4O2S/c1-5-21(20(27)24-11-9-23(6-2)10-12-24)13-16-7-8-17(21)25(16)19(26)18-14(3)22-15(4)28-18/h16-17H,5-13H2,1-4H3/t16-,17+,21+/m1/s1. The maximum Gasteiger partial charge on any atom is 0.266 e. The van der Waals surface area contributed by atoms with Gasteiger partial charge in [0, 0.05) is 38.3 Å². The number of carbonyl (C=O) groups excluding carboxylic acids is 2. The van der Waals surface area contributed by atoms with Crippen molar-refractivity contribution in [3.8, 4) is 0 Å². The normalized spacial score (nSPS) is 30.3. The zero-order chi connectivity index (χ0) is 20.1. The van der Waals surface area contributed by atoms with Gasteiger partial charge in [-0.05, 0) is 46.1 Å². The third-order valence-electron chi connectivity index (χ3n) is 7.24. The molecule has 7 heteroatoms. The molecule has 2 bridgehead atoms. The largest absolute Gasteiger partial charge is 0.340 e. The quantitative estimate of drug-likeness (QED) is 0.774. The van der Waals surface area contributed by atoms with Crippen molar-refractivity contribution in [1.82, 2.24) is 19.7 Å². The van der Waals surface area contributed by atoms with E-state index in [1.165, 1.54) is 11.3 Å². The minimum atomic E-state index is -0.402. The summed E-state index contributed by atoms with van der Waals surface area (Å²) >= 11 is 1.48. The summed E-state index contributed by atoms with van der Waals surface area (Å²) in [5, 5.41) is 0.930. The van der Waals surface area contributed by atoms with Gasteiger partial charge in [0.15, 0.2) is 0 Å². The summed E-state index contributed by atoms with van der Waals surface area (Å²) in [6.45, 7) is 12.7. The molecule has 6 nitrogen and oxygen atoms in total. The second-order valence-electron chi connectivity index (χ2n) is 8.55. The number of nitrogens with zero attached hydrogens (tertiary/aromatic N) is 4. The number of hydrogen-bond donors (Lipinski definition) is 0. The van der Waals surface area contributed by atoms with Crippen molar-refractivity contribution in [3.05, 3.63) is 15.6 Å². The Balaban J connectivity index is 1.57. The number of carbonyl (C=O) groups is 2. The van der Waals surface area contributed by atoms with Crippen molar-refractivity contribution < 1.29 is 9.59 Å². The lowest BCUT2D eigenvalue weighted by atomic mass is 9.70. The van der Waals surface area contributed by atoms with Crippen molar-refractivity contribution >= 4 is 23.2 Å². The predicted molar refractivity (Wildman–Crippen MR) is 111 cm³/mol. The minimum Gasteiger partial charge on any atom is -0.340 e. The van der Waals surface area contributed by atoms with Gasteiger partial charge in [-0.1, -0.05) is 13.8 Å². The van der Waals surface area contributed by atoms with Crippen LogP contribution in [0.1, 0.15) is 59.9 Å². The number of aryl methyl sites for hydroxylation is 2. The fourth-order valence-electron chi connectivity index (χ4n) is 5.68. The van der Waals surface area contributed by atoms with E-state index in [1.54, 1.807) is 0 Å². The number of fused-ring (bicyclic) bond motifs is 2. The van der Waals surface area contributed by atoms with Crippen LogP contribution < -0.4 is 0 Å². The van der Waals surface area contributed by atoms with E-state index in [0.717, 1.165) is 74.0 Å². The summed E-state index contributed by atoms with van der Waals surface area (Å²) in [5.74, 6) is 0.377. The minimum absolute atomic E-state index is 0.0357. The molecule has 0 unspecified atom stereocenters. The molecule has 28 heavy (non-hydrogen) atoms. The van der Waals surface area contributed by atoms with E-state index in [0.29, 0.717) is 0 Å². The first kappa shape index (κ1) is 19.8. The van der Waals surface area contributed by atoms with Crippen LogP contribution in [0, 0.1) is 19.3 Å². The van der Waals surface area contributed by atoms with Crippen LogP contribution in [0.2, 0.25) is 0 Å². The SMILES string of the molecule is CCN1CCN(C(=O)[C@@]2(CC)C[C@H]3CC[C@@H]2N3C(=O)c2sc(C)nc2C)CC1. The van der Waals surface area contributed by atoms with Gasteiger partial charge in [0.1, 0.15) is 4.88 Å². The summed E-state index contributed by atoms with van der Waals surface area (Å²) in [6.07, 6.45) is 3.60. The number of amides is 2. The maximum absolute atomic E-state index is 13.7. The Morgan fingerprint density at radius 3 is 2.43 bits per heavy atom. The fourth-order valence-corrected chi connectivity index (χ4v) is 6.54. The van der Waals surface area contributed by atoms with Gasteiger partial charge in [0.25, 0.3) is 5.91 Å². The molecular formula is C21H32N4O2S. The fraction of sp³-hybridized carbons (Fsp3) is 0.762. The molecule has 0 aromatic carbocycles. The molecule has 0 aliphatic carbocycles. The van der Waals surface area contributed by atoms with Crippen molar-refractivity contribution in [1.29, 1.82) is 0 Å². The van der Waals surface area contributed by atoms with E-state index in [9.17, 15) is 9.59 Å². The molecule has 0 spiro atoms. The highest BCUT2D eigenvalue weighted by molar-refractivity contribution is 7.13. The molecule has 4 rings (SSSR count). The summed E-state index contributed by atoms with van der Waals surface area (Å²) in [6, 6.07) is 0.230. The third-order valence-corrected chi connectivity index (χ3v) is 8.30. The number of hydrogen-bond acceptors (Lipinski definition) is 5. The van der Waals surface area contributed by atoms with Crippen LogP contribution in [0.3, 0.4) is 0 Å². The zero-order valence-electron chi connectivity index (χ0n) is 17.5. The molecule has 3 fully saturated rings. The molecule has 0 radical (unpaired) electrons. The van der Waals surface area contributed by atoms with Crippen molar-refractivity contribution in [3.63, 3.8) is 0 Å². The van der Waals surface area contributed by atoms with E-state index in [4.69, 9.17) is 0 Å². The smallest absolute Gasteiger partial charge is 0.266 e. The molecule has 0 N–H and O–H groups in total. The highest BCUT2D eigenvalue weighted by atomic mass is 32.1. The number of aromatic nitrogens is 1. The first-order valence-electron chi connectivity index (χ1n) is 10.7. The summed E-state index contributed by atoms with van der Waals surface area (Å²) in [4.78, 5) is 38.8. The van der Waals surface area contributed by atoms with Crippen LogP contribution in [-0.2, 0) is 4.79 Å². The van der Waals surface area contributed by atoms with Crippen LogP contribution in [0.5, 0.6) is 0 Å². The van der Waals surface area contributed by atoms with Crippen LogP contribution in [0.4, 0.5) is 0 Å². The second kappa shape index (κ2) is 7.41. The second-order valence-corrected chi connectivity index (χ2v) is 9.75. The van der Waals surface area contributed by atoms with Crippen LogP contribution in [0.25, 0.3) is 0 Å². The van der Waals surface area contributed by atoms with E-state index < -0.39 is 5.41 Å². The Bertz CT molecular complexity index is 770. The van der Waals surface area contributed by atoms with Crippen LogP contribution in [-0.4, -0.2) is 76.3 Å². The van der Waals surface area contributed by atoms with Gasteiger partial charge in [0.05, 0.1) is 16.1 Å². The van der Waals surface area contributed by atoms with E-state index in [2.05, 4.69) is 33.5 Å². The Morgan fingerprint density at radius 1 is 1.14 bits per heavy atom. The van der Waals surface area contributed by atoms with Gasteiger partial charge >= 0.3 is 0 Å². The maximum atomic E-state index is 13.7. The topological polar surface area (TPSA) is 56.8 Å². The number of piperazine rings is 1. The lowest BCUT2D eigenvalue weighted by Crippen LogP contribution is -2.56. The Hall–Kier alpha value is -1.47. The predicted octanol–water partition coefficient (Wildman–Crippen LogP) is 2.70. The molecule has 0 saturated carbocycles. The molecule has 1 aromatic heterocycles. The summed E-state index contributed by atoms with van der Waals surface area (Å²) in [5.41, 5.74) is 0.420. The van der Waals surface area contributed by atoms with Gasteiger partial charge < -0.3 is 14.7 Å². The number of likely N-dealkylation sites (N-methyl/N-ethyl adjacent to an activating group) is 1. The zero-order valence-corrected chi connectivity index (χ0v) is 18.3. The van der Waals surface area contributed by atoms with Gasteiger partial charge in [-0.3, -0.25) is 9.59 Å². The highest BCUT2D eigenvalue weighted by Gasteiger charge is 2.61. The van der Waals surface area contributed by atoms with Crippen LogP contribution >= 0.6 is 11.3 Å². The average molecular weight is 405 g/mol. The molecule has 3 aliphatic heterocycles.